The summed E-state index contributed by atoms with van der Waals surface area (Å²) in [6.07, 6.45) is 8.66. The highest BCUT2D eigenvalue weighted by molar-refractivity contribution is 5.51. The van der Waals surface area contributed by atoms with Crippen molar-refractivity contribution in [3.8, 4) is 6.07 Å². The zero-order valence-corrected chi connectivity index (χ0v) is 11.2. The number of anilines is 1. The van der Waals surface area contributed by atoms with Gasteiger partial charge in [-0.1, -0.05) is 19.3 Å². The zero-order chi connectivity index (χ0) is 13.5. The van der Waals surface area contributed by atoms with Crippen molar-refractivity contribution in [1.29, 1.82) is 5.26 Å². The fraction of sp³-hybridized carbons (Fsp3) is 0.600. The standard InChI is InChI=1S/C15H21N3O/c16-11-13-7-4-9-17-15(13)18-14(8-10-19)12-5-2-1-3-6-12/h4,7,9,12,14,19H,1-3,5-6,8,10H2,(H,17,18). The molecule has 0 spiro atoms. The largest absolute Gasteiger partial charge is 0.396 e. The fourth-order valence-corrected chi connectivity index (χ4v) is 2.89. The molecule has 1 heterocycles. The van der Waals surface area contributed by atoms with Gasteiger partial charge in [0.05, 0.1) is 5.56 Å². The molecule has 1 unspecified atom stereocenters. The Kier molecular flexibility index (Phi) is 5.17. The molecule has 1 saturated carbocycles. The minimum absolute atomic E-state index is 0.170. The molecule has 1 aliphatic carbocycles. The second-order valence-electron chi connectivity index (χ2n) is 5.17. The minimum atomic E-state index is 0.170. The Balaban J connectivity index is 2.09. The fourth-order valence-electron chi connectivity index (χ4n) is 2.89. The molecular formula is C15H21N3O. The Morgan fingerprint density at radius 1 is 1.42 bits per heavy atom. The Hall–Kier alpha value is -1.60. The molecule has 0 saturated heterocycles. The summed E-state index contributed by atoms with van der Waals surface area (Å²) >= 11 is 0. The first-order chi connectivity index (χ1) is 9.35. The Morgan fingerprint density at radius 3 is 2.89 bits per heavy atom. The SMILES string of the molecule is N#Cc1cccnc1NC(CCO)C1CCCCC1. The lowest BCUT2D eigenvalue weighted by Crippen LogP contribution is -2.32. The van der Waals surface area contributed by atoms with Crippen molar-refractivity contribution in [2.45, 2.75) is 44.6 Å². The van der Waals surface area contributed by atoms with Gasteiger partial charge in [-0.15, -0.1) is 0 Å². The first-order valence-electron chi connectivity index (χ1n) is 7.07. The second kappa shape index (κ2) is 7.10. The van der Waals surface area contributed by atoms with E-state index in [1.165, 1.54) is 32.1 Å². The average Bonchev–Trinajstić information content (AvgIpc) is 2.48. The van der Waals surface area contributed by atoms with Crippen LogP contribution in [0, 0.1) is 17.2 Å². The number of aliphatic hydroxyl groups excluding tert-OH is 1. The number of hydrogen-bond acceptors (Lipinski definition) is 4. The molecule has 0 amide bonds. The van der Waals surface area contributed by atoms with E-state index in [9.17, 15) is 5.11 Å². The predicted octanol–water partition coefficient (Wildman–Crippen LogP) is 2.70. The van der Waals surface area contributed by atoms with E-state index in [4.69, 9.17) is 5.26 Å². The van der Waals surface area contributed by atoms with Crippen LogP contribution in [-0.4, -0.2) is 22.7 Å². The topological polar surface area (TPSA) is 68.9 Å². The van der Waals surface area contributed by atoms with E-state index in [2.05, 4.69) is 16.4 Å². The van der Waals surface area contributed by atoms with Gasteiger partial charge in [0.15, 0.2) is 0 Å². The van der Waals surface area contributed by atoms with Crippen LogP contribution in [0.15, 0.2) is 18.3 Å². The van der Waals surface area contributed by atoms with Gasteiger partial charge in [-0.3, -0.25) is 0 Å². The summed E-state index contributed by atoms with van der Waals surface area (Å²) in [5.41, 5.74) is 0.571. The molecule has 4 heteroatoms. The van der Waals surface area contributed by atoms with Gasteiger partial charge in [0.25, 0.3) is 0 Å². The van der Waals surface area contributed by atoms with Gasteiger partial charge in [0.2, 0.25) is 0 Å². The van der Waals surface area contributed by atoms with Crippen LogP contribution < -0.4 is 5.32 Å². The van der Waals surface area contributed by atoms with Crippen molar-refractivity contribution in [3.63, 3.8) is 0 Å². The summed E-state index contributed by atoms with van der Waals surface area (Å²) in [5.74, 6) is 1.23. The lowest BCUT2D eigenvalue weighted by molar-refractivity contribution is 0.239. The van der Waals surface area contributed by atoms with E-state index >= 15 is 0 Å². The molecule has 1 aromatic rings. The number of rotatable bonds is 5. The minimum Gasteiger partial charge on any atom is -0.396 e. The molecule has 0 aliphatic heterocycles. The van der Waals surface area contributed by atoms with Crippen LogP contribution >= 0.6 is 0 Å². The Bertz CT molecular complexity index is 435. The third kappa shape index (κ3) is 3.68. The maximum atomic E-state index is 9.25. The maximum absolute atomic E-state index is 9.25. The highest BCUT2D eigenvalue weighted by Gasteiger charge is 2.24. The van der Waals surface area contributed by atoms with Crippen molar-refractivity contribution in [2.24, 2.45) is 5.92 Å². The number of hydrogen-bond donors (Lipinski definition) is 2. The van der Waals surface area contributed by atoms with Gasteiger partial charge < -0.3 is 10.4 Å². The molecule has 0 aromatic carbocycles. The van der Waals surface area contributed by atoms with Crippen molar-refractivity contribution >= 4 is 5.82 Å². The number of pyridine rings is 1. The molecule has 0 radical (unpaired) electrons. The van der Waals surface area contributed by atoms with Gasteiger partial charge in [-0.05, 0) is 37.3 Å². The summed E-state index contributed by atoms with van der Waals surface area (Å²) in [4.78, 5) is 4.25. The molecule has 2 rings (SSSR count). The number of nitriles is 1. The van der Waals surface area contributed by atoms with Crippen molar-refractivity contribution in [3.05, 3.63) is 23.9 Å². The molecule has 0 bridgehead atoms. The third-order valence-electron chi connectivity index (χ3n) is 3.91. The van der Waals surface area contributed by atoms with Crippen LogP contribution in [0.25, 0.3) is 0 Å². The zero-order valence-electron chi connectivity index (χ0n) is 11.2. The first-order valence-corrected chi connectivity index (χ1v) is 7.07. The number of aliphatic hydroxyl groups is 1. The lowest BCUT2D eigenvalue weighted by atomic mass is 9.82. The predicted molar refractivity (Wildman–Crippen MR) is 74.6 cm³/mol. The smallest absolute Gasteiger partial charge is 0.144 e. The lowest BCUT2D eigenvalue weighted by Gasteiger charge is -2.31. The van der Waals surface area contributed by atoms with Gasteiger partial charge in [-0.2, -0.15) is 5.26 Å². The normalized spacial score (nSPS) is 17.7. The van der Waals surface area contributed by atoms with Crippen molar-refractivity contribution in [2.75, 3.05) is 11.9 Å². The Labute approximate surface area is 114 Å². The average molecular weight is 259 g/mol. The number of nitrogens with one attached hydrogen (secondary N) is 1. The highest BCUT2D eigenvalue weighted by atomic mass is 16.3. The van der Waals surface area contributed by atoms with Gasteiger partial charge in [-0.25, -0.2) is 4.98 Å². The molecule has 1 atom stereocenters. The van der Waals surface area contributed by atoms with E-state index in [1.54, 1.807) is 18.3 Å². The van der Waals surface area contributed by atoms with E-state index in [1.807, 2.05) is 0 Å². The highest BCUT2D eigenvalue weighted by Crippen LogP contribution is 2.29. The second-order valence-corrected chi connectivity index (χ2v) is 5.17. The number of aromatic nitrogens is 1. The van der Waals surface area contributed by atoms with Crippen LogP contribution in [0.2, 0.25) is 0 Å². The van der Waals surface area contributed by atoms with Gasteiger partial charge >= 0.3 is 0 Å². The molecule has 2 N–H and O–H groups in total. The summed E-state index contributed by atoms with van der Waals surface area (Å²) in [5, 5.41) is 21.7. The van der Waals surface area contributed by atoms with Gasteiger partial charge in [0.1, 0.15) is 11.9 Å². The van der Waals surface area contributed by atoms with Crippen molar-refractivity contribution < 1.29 is 5.11 Å². The van der Waals surface area contributed by atoms with Crippen molar-refractivity contribution in [1.82, 2.24) is 4.98 Å². The van der Waals surface area contributed by atoms with Crippen LogP contribution in [0.3, 0.4) is 0 Å². The van der Waals surface area contributed by atoms with Crippen LogP contribution in [-0.2, 0) is 0 Å². The molecule has 1 aromatic heterocycles. The third-order valence-corrected chi connectivity index (χ3v) is 3.91. The monoisotopic (exact) mass is 259 g/mol. The van der Waals surface area contributed by atoms with Crippen LogP contribution in [0.1, 0.15) is 44.1 Å². The molecule has 1 fully saturated rings. The van der Waals surface area contributed by atoms with E-state index in [0.717, 1.165) is 0 Å². The van der Waals surface area contributed by atoms with Crippen LogP contribution in [0.4, 0.5) is 5.82 Å². The van der Waals surface area contributed by atoms with E-state index in [-0.39, 0.29) is 12.6 Å². The molecular weight excluding hydrogens is 238 g/mol. The first kappa shape index (κ1) is 13.8. The Morgan fingerprint density at radius 2 is 2.21 bits per heavy atom. The molecule has 19 heavy (non-hydrogen) atoms. The summed E-state index contributed by atoms with van der Waals surface area (Å²) in [7, 11) is 0. The van der Waals surface area contributed by atoms with E-state index < -0.39 is 0 Å². The molecule has 102 valence electrons. The molecule has 1 aliphatic rings. The summed E-state index contributed by atoms with van der Waals surface area (Å²) in [6.45, 7) is 0.170. The molecule has 4 nitrogen and oxygen atoms in total. The quantitative estimate of drug-likeness (QED) is 0.853. The summed E-state index contributed by atoms with van der Waals surface area (Å²) in [6, 6.07) is 5.91. The van der Waals surface area contributed by atoms with Gasteiger partial charge in [0, 0.05) is 18.8 Å². The van der Waals surface area contributed by atoms with Crippen LogP contribution in [0.5, 0.6) is 0 Å². The van der Waals surface area contributed by atoms with E-state index in [0.29, 0.717) is 23.7 Å². The summed E-state index contributed by atoms with van der Waals surface area (Å²) < 4.78 is 0. The number of nitrogens with zero attached hydrogens (tertiary/aromatic N) is 2. The maximum Gasteiger partial charge on any atom is 0.144 e.